The van der Waals surface area contributed by atoms with Gasteiger partial charge in [0.05, 0.1) is 0 Å². The number of hydrogen-bond donors (Lipinski definition) is 1. The molecule has 0 unspecified atom stereocenters. The predicted molar refractivity (Wildman–Crippen MR) is 114 cm³/mol. The zero-order chi connectivity index (χ0) is 20.9. The Bertz CT molecular complexity index is 889. The lowest BCUT2D eigenvalue weighted by Gasteiger charge is -2.31. The number of piperidine rings is 1. The fourth-order valence-corrected chi connectivity index (χ4v) is 4.19. The van der Waals surface area contributed by atoms with Gasteiger partial charge >= 0.3 is 12.2 Å². The minimum atomic E-state index is -0.450. The lowest BCUT2D eigenvalue weighted by atomic mass is 9.98. The minimum Gasteiger partial charge on any atom is -0.448 e. The maximum atomic E-state index is 12.6. The fraction of sp³-hybridized carbons (Fsp3) is 0.333. The number of likely N-dealkylation sites (tertiary alicyclic amines) is 1. The average molecular weight is 406 g/mol. The number of rotatable bonds is 5. The van der Waals surface area contributed by atoms with Gasteiger partial charge in [-0.15, -0.1) is 6.58 Å². The van der Waals surface area contributed by atoms with Crippen molar-refractivity contribution in [3.05, 3.63) is 72.3 Å². The van der Waals surface area contributed by atoms with E-state index in [0.29, 0.717) is 39.1 Å². The van der Waals surface area contributed by atoms with E-state index in [1.54, 1.807) is 11.0 Å². The first-order valence-electron chi connectivity index (χ1n) is 10.3. The van der Waals surface area contributed by atoms with Crippen LogP contribution in [0.15, 0.2) is 61.2 Å². The maximum absolute atomic E-state index is 12.6. The third kappa shape index (κ3) is 4.17. The minimum absolute atomic E-state index is 0.0516. The standard InChI is InChI=1S/C24H26N2O4/c1-2-13-25-23(27)30-17-11-14-26(15-12-17)24(28)29-16-22-20-9-5-3-7-18(20)19-8-4-6-10-21(19)22/h2-10,17,22H,1,11-16H2,(H,25,27). The molecule has 30 heavy (non-hydrogen) atoms. The van der Waals surface area contributed by atoms with Crippen LogP contribution >= 0.6 is 0 Å². The van der Waals surface area contributed by atoms with Gasteiger partial charge in [-0.2, -0.15) is 0 Å². The normalized spacial score (nSPS) is 15.8. The molecule has 2 aromatic carbocycles. The molecule has 2 amide bonds. The molecule has 0 radical (unpaired) electrons. The zero-order valence-corrected chi connectivity index (χ0v) is 16.9. The van der Waals surface area contributed by atoms with Crippen molar-refractivity contribution in [1.82, 2.24) is 10.2 Å². The highest BCUT2D eigenvalue weighted by Crippen LogP contribution is 2.44. The Balaban J connectivity index is 1.31. The lowest BCUT2D eigenvalue weighted by molar-refractivity contribution is 0.0419. The predicted octanol–water partition coefficient (Wildman–Crippen LogP) is 4.31. The first-order chi connectivity index (χ1) is 14.7. The molecule has 0 bridgehead atoms. The molecule has 0 spiro atoms. The number of ether oxygens (including phenoxy) is 2. The van der Waals surface area contributed by atoms with Crippen molar-refractivity contribution in [2.75, 3.05) is 26.2 Å². The van der Waals surface area contributed by atoms with Gasteiger partial charge in [-0.3, -0.25) is 0 Å². The van der Waals surface area contributed by atoms with Gasteiger partial charge in [-0.05, 0) is 22.3 Å². The summed E-state index contributed by atoms with van der Waals surface area (Å²) in [5.74, 6) is 0.0516. The van der Waals surface area contributed by atoms with Crippen molar-refractivity contribution in [1.29, 1.82) is 0 Å². The molecule has 0 aromatic heterocycles. The van der Waals surface area contributed by atoms with Crippen LogP contribution in [0.25, 0.3) is 11.1 Å². The topological polar surface area (TPSA) is 67.9 Å². The summed E-state index contributed by atoms with van der Waals surface area (Å²) in [6, 6.07) is 16.6. The fourth-order valence-electron chi connectivity index (χ4n) is 4.19. The van der Waals surface area contributed by atoms with E-state index in [2.05, 4.69) is 36.2 Å². The summed E-state index contributed by atoms with van der Waals surface area (Å²) in [4.78, 5) is 26.0. The van der Waals surface area contributed by atoms with Crippen molar-refractivity contribution >= 4 is 12.2 Å². The highest BCUT2D eigenvalue weighted by atomic mass is 16.6. The monoisotopic (exact) mass is 406 g/mol. The van der Waals surface area contributed by atoms with Crippen molar-refractivity contribution < 1.29 is 19.1 Å². The summed E-state index contributed by atoms with van der Waals surface area (Å²) in [7, 11) is 0. The zero-order valence-electron chi connectivity index (χ0n) is 16.9. The number of alkyl carbamates (subject to hydrolysis) is 1. The molecular weight excluding hydrogens is 380 g/mol. The third-order valence-electron chi connectivity index (χ3n) is 5.70. The van der Waals surface area contributed by atoms with Gasteiger partial charge in [0, 0.05) is 38.4 Å². The van der Waals surface area contributed by atoms with Crippen LogP contribution in [0.2, 0.25) is 0 Å². The quantitative estimate of drug-likeness (QED) is 0.752. The second kappa shape index (κ2) is 9.03. The Labute approximate surface area is 176 Å². The number of fused-ring (bicyclic) bond motifs is 3. The number of nitrogens with one attached hydrogen (secondary N) is 1. The highest BCUT2D eigenvalue weighted by molar-refractivity contribution is 5.79. The molecule has 1 aliphatic heterocycles. The van der Waals surface area contributed by atoms with Crippen LogP contribution in [-0.4, -0.2) is 49.4 Å². The SMILES string of the molecule is C=CCNC(=O)OC1CCN(C(=O)OCC2c3ccccc3-c3ccccc32)CC1. The Morgan fingerprint density at radius 2 is 1.63 bits per heavy atom. The molecule has 156 valence electrons. The summed E-state index contributed by atoms with van der Waals surface area (Å²) in [5.41, 5.74) is 4.82. The number of hydrogen-bond acceptors (Lipinski definition) is 4. The van der Waals surface area contributed by atoms with E-state index in [-0.39, 0.29) is 18.1 Å². The maximum Gasteiger partial charge on any atom is 0.409 e. The van der Waals surface area contributed by atoms with Gasteiger partial charge in [0.15, 0.2) is 0 Å². The number of benzene rings is 2. The first kappa shape index (κ1) is 20.0. The molecule has 1 saturated heterocycles. The van der Waals surface area contributed by atoms with E-state index in [9.17, 15) is 9.59 Å². The third-order valence-corrected chi connectivity index (χ3v) is 5.70. The summed E-state index contributed by atoms with van der Waals surface area (Å²) in [5, 5.41) is 2.60. The number of amides is 2. The second-order valence-corrected chi connectivity index (χ2v) is 7.57. The Morgan fingerprint density at radius 3 is 2.23 bits per heavy atom. The first-order valence-corrected chi connectivity index (χ1v) is 10.3. The van der Waals surface area contributed by atoms with Crippen LogP contribution < -0.4 is 5.32 Å². The molecule has 6 heteroatoms. The van der Waals surface area contributed by atoms with Crippen LogP contribution in [0.3, 0.4) is 0 Å². The van der Waals surface area contributed by atoms with Crippen LogP contribution in [0.1, 0.15) is 29.9 Å². The average Bonchev–Trinajstić information content (AvgIpc) is 3.10. The lowest BCUT2D eigenvalue weighted by Crippen LogP contribution is -2.43. The molecule has 2 aliphatic rings. The van der Waals surface area contributed by atoms with Gasteiger partial charge in [0.1, 0.15) is 12.7 Å². The van der Waals surface area contributed by atoms with Crippen molar-refractivity contribution in [3.63, 3.8) is 0 Å². The van der Waals surface area contributed by atoms with Crippen LogP contribution in [-0.2, 0) is 9.47 Å². The molecule has 4 rings (SSSR count). The van der Waals surface area contributed by atoms with E-state index >= 15 is 0 Å². The Morgan fingerprint density at radius 1 is 1.03 bits per heavy atom. The molecule has 1 N–H and O–H groups in total. The van der Waals surface area contributed by atoms with Crippen LogP contribution in [0, 0.1) is 0 Å². The van der Waals surface area contributed by atoms with E-state index in [1.165, 1.54) is 22.3 Å². The molecule has 1 aliphatic carbocycles. The smallest absolute Gasteiger partial charge is 0.409 e. The second-order valence-electron chi connectivity index (χ2n) is 7.57. The Hall–Kier alpha value is -3.28. The van der Waals surface area contributed by atoms with Gasteiger partial charge in [-0.25, -0.2) is 9.59 Å². The van der Waals surface area contributed by atoms with Crippen LogP contribution in [0.4, 0.5) is 9.59 Å². The number of carbonyl (C=O) groups excluding carboxylic acids is 2. The van der Waals surface area contributed by atoms with Gasteiger partial charge < -0.3 is 19.7 Å². The number of carbonyl (C=O) groups is 2. The van der Waals surface area contributed by atoms with Crippen molar-refractivity contribution in [2.45, 2.75) is 24.9 Å². The Kier molecular flexibility index (Phi) is 6.02. The van der Waals surface area contributed by atoms with Gasteiger partial charge in [0.2, 0.25) is 0 Å². The molecular formula is C24H26N2O4. The summed E-state index contributed by atoms with van der Waals surface area (Å²) in [6.45, 7) is 5.26. The van der Waals surface area contributed by atoms with E-state index in [4.69, 9.17) is 9.47 Å². The number of nitrogens with zero attached hydrogens (tertiary/aromatic N) is 1. The van der Waals surface area contributed by atoms with E-state index in [1.807, 2.05) is 24.3 Å². The van der Waals surface area contributed by atoms with Crippen LogP contribution in [0.5, 0.6) is 0 Å². The molecule has 1 heterocycles. The van der Waals surface area contributed by atoms with E-state index < -0.39 is 6.09 Å². The molecule has 1 fully saturated rings. The van der Waals surface area contributed by atoms with Crippen molar-refractivity contribution in [3.8, 4) is 11.1 Å². The van der Waals surface area contributed by atoms with Gasteiger partial charge in [-0.1, -0.05) is 54.6 Å². The molecule has 0 atom stereocenters. The summed E-state index contributed by atoms with van der Waals surface area (Å²) < 4.78 is 11.1. The summed E-state index contributed by atoms with van der Waals surface area (Å²) in [6.07, 6.45) is 1.85. The molecule has 6 nitrogen and oxygen atoms in total. The van der Waals surface area contributed by atoms with Crippen molar-refractivity contribution in [2.24, 2.45) is 0 Å². The highest BCUT2D eigenvalue weighted by Gasteiger charge is 2.31. The summed E-state index contributed by atoms with van der Waals surface area (Å²) >= 11 is 0. The largest absolute Gasteiger partial charge is 0.448 e. The molecule has 2 aromatic rings. The van der Waals surface area contributed by atoms with E-state index in [0.717, 1.165) is 0 Å². The van der Waals surface area contributed by atoms with Gasteiger partial charge in [0.25, 0.3) is 0 Å². The molecule has 0 saturated carbocycles.